The van der Waals surface area contributed by atoms with E-state index in [2.05, 4.69) is 9.71 Å². The van der Waals surface area contributed by atoms with E-state index in [4.69, 9.17) is 4.74 Å². The number of esters is 1. The van der Waals surface area contributed by atoms with Crippen LogP contribution in [0.3, 0.4) is 0 Å². The van der Waals surface area contributed by atoms with Crippen LogP contribution in [0.5, 0.6) is 0 Å². The van der Waals surface area contributed by atoms with Gasteiger partial charge in [0.2, 0.25) is 10.0 Å². The summed E-state index contributed by atoms with van der Waals surface area (Å²) in [4.78, 5) is 15.8. The molecule has 1 N–H and O–H groups in total. The van der Waals surface area contributed by atoms with Crippen LogP contribution in [0.4, 0.5) is 0 Å². The molecule has 2 heterocycles. The number of carbonyl (C=O) groups excluding carboxylic acids is 1. The monoisotopic (exact) mass is 337 g/mol. The Balaban J connectivity index is 2.05. The normalized spacial score (nSPS) is 11.4. The minimum atomic E-state index is -3.68. The van der Waals surface area contributed by atoms with E-state index in [1.165, 1.54) is 16.8 Å². The fourth-order valence-electron chi connectivity index (χ4n) is 2.05. The third-order valence-electron chi connectivity index (χ3n) is 3.20. The Morgan fingerprint density at radius 3 is 2.87 bits per heavy atom. The van der Waals surface area contributed by atoms with Gasteiger partial charge in [-0.15, -0.1) is 0 Å². The lowest BCUT2D eigenvalue weighted by Crippen LogP contribution is -2.25. The zero-order valence-corrected chi connectivity index (χ0v) is 13.8. The highest BCUT2D eigenvalue weighted by Gasteiger charge is 2.20. The number of nitrogens with one attached hydrogen (secondary N) is 1. The Morgan fingerprint density at radius 1 is 1.43 bits per heavy atom. The van der Waals surface area contributed by atoms with E-state index in [1.54, 1.807) is 32.4 Å². The maximum Gasteiger partial charge on any atom is 0.354 e. The van der Waals surface area contributed by atoms with Crippen molar-refractivity contribution in [2.24, 2.45) is 7.05 Å². The fourth-order valence-corrected chi connectivity index (χ4v) is 3.15. The van der Waals surface area contributed by atoms with Gasteiger partial charge in [0.15, 0.2) is 0 Å². The van der Waals surface area contributed by atoms with E-state index in [9.17, 15) is 13.2 Å². The minimum absolute atomic E-state index is 0.0363. The maximum absolute atomic E-state index is 12.3. The van der Waals surface area contributed by atoms with E-state index in [1.807, 2.05) is 6.07 Å². The summed E-state index contributed by atoms with van der Waals surface area (Å²) < 4.78 is 33.4. The van der Waals surface area contributed by atoms with Crippen LogP contribution in [-0.4, -0.2) is 37.1 Å². The molecule has 0 spiro atoms. The van der Waals surface area contributed by atoms with Gasteiger partial charge in [-0.25, -0.2) is 17.9 Å². The second-order valence-corrected chi connectivity index (χ2v) is 6.67. The number of aryl methyl sites for hydroxylation is 1. The predicted molar refractivity (Wildman–Crippen MR) is 84.5 cm³/mol. The fraction of sp³-hybridized carbons (Fsp3) is 0.333. The summed E-state index contributed by atoms with van der Waals surface area (Å²) in [7, 11) is -2.08. The summed E-state index contributed by atoms with van der Waals surface area (Å²) >= 11 is 0. The van der Waals surface area contributed by atoms with Gasteiger partial charge >= 0.3 is 5.97 Å². The van der Waals surface area contributed by atoms with Crippen molar-refractivity contribution < 1.29 is 17.9 Å². The van der Waals surface area contributed by atoms with Crippen LogP contribution in [0, 0.1) is 0 Å². The molecule has 0 saturated carbocycles. The zero-order valence-electron chi connectivity index (χ0n) is 13.0. The second kappa shape index (κ2) is 7.38. The molecule has 124 valence electrons. The number of hydrogen-bond acceptors (Lipinski definition) is 5. The van der Waals surface area contributed by atoms with Gasteiger partial charge in [-0.3, -0.25) is 4.98 Å². The largest absolute Gasteiger partial charge is 0.461 e. The molecule has 0 aliphatic rings. The quantitative estimate of drug-likeness (QED) is 0.765. The van der Waals surface area contributed by atoms with Crippen molar-refractivity contribution in [2.45, 2.75) is 18.2 Å². The lowest BCUT2D eigenvalue weighted by molar-refractivity contribution is 0.0515. The summed E-state index contributed by atoms with van der Waals surface area (Å²) in [5.41, 5.74) is 1.13. The molecule has 2 aromatic heterocycles. The predicted octanol–water partition coefficient (Wildman–Crippen LogP) is 1.12. The number of aromatic nitrogens is 2. The van der Waals surface area contributed by atoms with Crippen LogP contribution in [0.2, 0.25) is 0 Å². The number of nitrogens with zero attached hydrogens (tertiary/aromatic N) is 2. The Morgan fingerprint density at radius 2 is 2.22 bits per heavy atom. The lowest BCUT2D eigenvalue weighted by atomic mass is 10.2. The van der Waals surface area contributed by atoms with E-state index in [0.29, 0.717) is 6.42 Å². The summed E-state index contributed by atoms with van der Waals surface area (Å²) in [6.07, 6.45) is 5.27. The number of hydrogen-bond donors (Lipinski definition) is 1. The van der Waals surface area contributed by atoms with Gasteiger partial charge in [-0.1, -0.05) is 6.07 Å². The molecule has 0 saturated heterocycles. The second-order valence-electron chi connectivity index (χ2n) is 4.90. The van der Waals surface area contributed by atoms with E-state index in [0.717, 1.165) is 5.56 Å². The first kappa shape index (κ1) is 17.2. The molecular formula is C15H19N3O4S. The Hall–Kier alpha value is -2.19. The molecule has 7 nitrogen and oxygen atoms in total. The number of sulfonamides is 1. The van der Waals surface area contributed by atoms with Crippen LogP contribution in [0.15, 0.2) is 41.7 Å². The van der Waals surface area contributed by atoms with Crippen molar-refractivity contribution in [3.8, 4) is 0 Å². The van der Waals surface area contributed by atoms with E-state index >= 15 is 0 Å². The first-order chi connectivity index (χ1) is 10.9. The van der Waals surface area contributed by atoms with Crippen molar-refractivity contribution in [1.29, 1.82) is 0 Å². The van der Waals surface area contributed by atoms with E-state index in [-0.39, 0.29) is 23.7 Å². The topological polar surface area (TPSA) is 90.3 Å². The van der Waals surface area contributed by atoms with Crippen LogP contribution in [0.25, 0.3) is 0 Å². The van der Waals surface area contributed by atoms with Crippen LogP contribution in [0.1, 0.15) is 23.0 Å². The van der Waals surface area contributed by atoms with Gasteiger partial charge in [0.05, 0.1) is 6.61 Å². The minimum Gasteiger partial charge on any atom is -0.461 e. The van der Waals surface area contributed by atoms with E-state index < -0.39 is 16.0 Å². The van der Waals surface area contributed by atoms with Gasteiger partial charge < -0.3 is 9.30 Å². The average molecular weight is 337 g/mol. The first-order valence-corrected chi connectivity index (χ1v) is 8.64. The molecule has 0 aromatic carbocycles. The molecule has 0 unspecified atom stereocenters. The smallest absolute Gasteiger partial charge is 0.354 e. The van der Waals surface area contributed by atoms with Crippen molar-refractivity contribution in [2.75, 3.05) is 13.2 Å². The number of pyridine rings is 1. The third kappa shape index (κ3) is 4.40. The highest BCUT2D eigenvalue weighted by Crippen LogP contribution is 2.14. The lowest BCUT2D eigenvalue weighted by Gasteiger charge is -2.04. The number of rotatable bonds is 7. The summed E-state index contributed by atoms with van der Waals surface area (Å²) in [6.45, 7) is 2.17. The molecule has 8 heteroatoms. The molecule has 2 rings (SSSR count). The van der Waals surface area contributed by atoms with Gasteiger partial charge in [-0.2, -0.15) is 0 Å². The highest BCUT2D eigenvalue weighted by atomic mass is 32.2. The van der Waals surface area contributed by atoms with Crippen molar-refractivity contribution in [1.82, 2.24) is 14.3 Å². The van der Waals surface area contributed by atoms with Crippen LogP contribution in [-0.2, 0) is 28.2 Å². The zero-order chi connectivity index (χ0) is 16.9. The first-order valence-electron chi connectivity index (χ1n) is 7.16. The molecule has 0 amide bonds. The van der Waals surface area contributed by atoms with Gasteiger partial charge in [0, 0.05) is 32.2 Å². The number of carbonyl (C=O) groups is 1. The van der Waals surface area contributed by atoms with Gasteiger partial charge in [0.1, 0.15) is 10.6 Å². The molecule has 0 fully saturated rings. The summed E-state index contributed by atoms with van der Waals surface area (Å²) in [5, 5.41) is 0. The van der Waals surface area contributed by atoms with Gasteiger partial charge in [-0.05, 0) is 31.0 Å². The van der Waals surface area contributed by atoms with Crippen molar-refractivity contribution in [3.63, 3.8) is 0 Å². The molecule has 0 bridgehead atoms. The third-order valence-corrected chi connectivity index (χ3v) is 4.63. The summed E-state index contributed by atoms with van der Waals surface area (Å²) in [6, 6.07) is 4.99. The molecule has 0 aliphatic carbocycles. The standard InChI is InChI=1S/C15H19N3O4S/c1-3-22-15(19)14-9-13(11-18(14)2)23(20,21)17-8-6-12-5-4-7-16-10-12/h4-5,7,9-11,17H,3,6,8H2,1-2H3. The maximum atomic E-state index is 12.3. The molecular weight excluding hydrogens is 318 g/mol. The number of ether oxygens (including phenoxy) is 1. The summed E-state index contributed by atoms with van der Waals surface area (Å²) in [5.74, 6) is -0.549. The molecule has 0 radical (unpaired) electrons. The Kier molecular flexibility index (Phi) is 5.51. The molecule has 0 atom stereocenters. The molecule has 2 aromatic rings. The average Bonchev–Trinajstić information content (AvgIpc) is 2.91. The Bertz CT molecular complexity index is 769. The van der Waals surface area contributed by atoms with Crippen molar-refractivity contribution >= 4 is 16.0 Å². The molecule has 0 aliphatic heterocycles. The SMILES string of the molecule is CCOC(=O)c1cc(S(=O)(=O)NCCc2cccnc2)cn1C. The van der Waals surface area contributed by atoms with Crippen molar-refractivity contribution in [3.05, 3.63) is 48.0 Å². The van der Waals surface area contributed by atoms with Crippen LogP contribution < -0.4 is 4.72 Å². The Labute approximate surface area is 135 Å². The van der Waals surface area contributed by atoms with Crippen LogP contribution >= 0.6 is 0 Å². The highest BCUT2D eigenvalue weighted by molar-refractivity contribution is 7.89. The molecule has 23 heavy (non-hydrogen) atoms. The van der Waals surface area contributed by atoms with Gasteiger partial charge in [0.25, 0.3) is 0 Å².